The highest BCUT2D eigenvalue weighted by atomic mass is 35.5. The van der Waals surface area contributed by atoms with Gasteiger partial charge >= 0.3 is 0 Å². The summed E-state index contributed by atoms with van der Waals surface area (Å²) in [7, 11) is 3.25. The molecule has 0 atom stereocenters. The molecule has 1 amide bonds. The number of methoxy groups -OCH3 is 1. The summed E-state index contributed by atoms with van der Waals surface area (Å²) in [5, 5.41) is 1.86. The Morgan fingerprint density at radius 1 is 1.79 bits per heavy atom. The minimum absolute atomic E-state index is 0.00359. The summed E-state index contributed by atoms with van der Waals surface area (Å²) in [5.41, 5.74) is 0.901. The molecule has 0 bridgehead atoms. The van der Waals surface area contributed by atoms with Gasteiger partial charge in [-0.15, -0.1) is 11.6 Å². The number of alkyl halides is 1. The van der Waals surface area contributed by atoms with Gasteiger partial charge in [0.1, 0.15) is 5.88 Å². The molecule has 0 unspecified atom stereocenters. The standard InChI is InChI=1S/C8H11ClN2O2S/c1-11(7(12)3-9)4-6-5-14-10-8(6)13-2/h5H,3-4H2,1-2H3. The number of hydrogen-bond acceptors (Lipinski definition) is 4. The van der Waals surface area contributed by atoms with E-state index in [2.05, 4.69) is 4.37 Å². The van der Waals surface area contributed by atoms with Crippen LogP contribution in [-0.2, 0) is 11.3 Å². The van der Waals surface area contributed by atoms with E-state index < -0.39 is 0 Å². The molecule has 0 aliphatic carbocycles. The highest BCUT2D eigenvalue weighted by Crippen LogP contribution is 2.19. The van der Waals surface area contributed by atoms with Crippen LogP contribution in [0.1, 0.15) is 5.56 Å². The van der Waals surface area contributed by atoms with Gasteiger partial charge in [0.15, 0.2) is 0 Å². The fourth-order valence-electron chi connectivity index (χ4n) is 0.966. The van der Waals surface area contributed by atoms with Gasteiger partial charge in [0.2, 0.25) is 11.8 Å². The molecule has 1 heterocycles. The first-order chi connectivity index (χ1) is 6.69. The average molecular weight is 235 g/mol. The predicted molar refractivity (Wildman–Crippen MR) is 55.9 cm³/mol. The fraction of sp³-hybridized carbons (Fsp3) is 0.500. The van der Waals surface area contributed by atoms with E-state index in [4.69, 9.17) is 16.3 Å². The number of halogens is 1. The first-order valence-electron chi connectivity index (χ1n) is 3.96. The molecule has 0 N–H and O–H groups in total. The fourth-order valence-corrected chi connectivity index (χ4v) is 1.81. The van der Waals surface area contributed by atoms with Crippen LogP contribution < -0.4 is 4.74 Å². The summed E-state index contributed by atoms with van der Waals surface area (Å²) >= 11 is 6.73. The van der Waals surface area contributed by atoms with Crippen molar-refractivity contribution < 1.29 is 9.53 Å². The summed E-state index contributed by atoms with van der Waals surface area (Å²) in [4.78, 5) is 12.7. The smallest absolute Gasteiger partial charge is 0.237 e. The van der Waals surface area contributed by atoms with Crippen molar-refractivity contribution in [2.75, 3.05) is 20.0 Å². The normalized spacial score (nSPS) is 9.93. The monoisotopic (exact) mass is 234 g/mol. The first kappa shape index (κ1) is 11.3. The Balaban J connectivity index is 2.64. The molecule has 0 spiro atoms. The van der Waals surface area contributed by atoms with E-state index in [1.165, 1.54) is 11.5 Å². The van der Waals surface area contributed by atoms with Crippen LogP contribution in [0.15, 0.2) is 5.38 Å². The average Bonchev–Trinajstić information content (AvgIpc) is 2.63. The van der Waals surface area contributed by atoms with Crippen molar-refractivity contribution in [3.05, 3.63) is 10.9 Å². The van der Waals surface area contributed by atoms with Crippen molar-refractivity contribution in [3.8, 4) is 5.88 Å². The van der Waals surface area contributed by atoms with E-state index in [0.717, 1.165) is 5.56 Å². The topological polar surface area (TPSA) is 42.4 Å². The summed E-state index contributed by atoms with van der Waals surface area (Å²) in [5.74, 6) is 0.459. The molecule has 78 valence electrons. The Kier molecular flexibility index (Phi) is 4.16. The molecule has 1 aromatic rings. The first-order valence-corrected chi connectivity index (χ1v) is 5.33. The largest absolute Gasteiger partial charge is 0.480 e. The lowest BCUT2D eigenvalue weighted by atomic mass is 10.3. The van der Waals surface area contributed by atoms with Crippen LogP contribution in [0.2, 0.25) is 0 Å². The maximum absolute atomic E-state index is 11.2. The molecule has 0 aromatic carbocycles. The van der Waals surface area contributed by atoms with E-state index >= 15 is 0 Å². The van der Waals surface area contributed by atoms with Crippen molar-refractivity contribution in [1.82, 2.24) is 9.27 Å². The van der Waals surface area contributed by atoms with Gasteiger partial charge in [-0.25, -0.2) is 0 Å². The van der Waals surface area contributed by atoms with Crippen molar-refractivity contribution in [2.45, 2.75) is 6.54 Å². The maximum Gasteiger partial charge on any atom is 0.237 e. The van der Waals surface area contributed by atoms with Crippen LogP contribution in [0, 0.1) is 0 Å². The number of rotatable bonds is 4. The number of carbonyl (C=O) groups is 1. The third-order valence-electron chi connectivity index (χ3n) is 1.75. The van der Waals surface area contributed by atoms with Crippen LogP contribution in [0.25, 0.3) is 0 Å². The SMILES string of the molecule is COc1nscc1CN(C)C(=O)CCl. The number of carbonyl (C=O) groups excluding carboxylic acids is 1. The van der Waals surface area contributed by atoms with E-state index in [0.29, 0.717) is 12.4 Å². The van der Waals surface area contributed by atoms with Crippen LogP contribution in [0.3, 0.4) is 0 Å². The van der Waals surface area contributed by atoms with Gasteiger partial charge in [-0.3, -0.25) is 4.79 Å². The molecule has 0 aliphatic heterocycles. The van der Waals surface area contributed by atoms with Gasteiger partial charge in [0.05, 0.1) is 13.7 Å². The highest BCUT2D eigenvalue weighted by Gasteiger charge is 2.12. The molecule has 0 fully saturated rings. The van der Waals surface area contributed by atoms with Crippen LogP contribution in [-0.4, -0.2) is 35.2 Å². The molecule has 0 saturated heterocycles. The number of hydrogen-bond donors (Lipinski definition) is 0. The molecule has 14 heavy (non-hydrogen) atoms. The van der Waals surface area contributed by atoms with Crippen molar-refractivity contribution in [3.63, 3.8) is 0 Å². The lowest BCUT2D eigenvalue weighted by molar-refractivity contribution is -0.127. The Bertz CT molecular complexity index is 316. The van der Waals surface area contributed by atoms with Crippen molar-refractivity contribution in [1.29, 1.82) is 0 Å². The van der Waals surface area contributed by atoms with Gasteiger partial charge in [-0.1, -0.05) is 0 Å². The van der Waals surface area contributed by atoms with E-state index in [1.54, 1.807) is 19.1 Å². The van der Waals surface area contributed by atoms with Crippen LogP contribution in [0.4, 0.5) is 0 Å². The Morgan fingerprint density at radius 3 is 3.07 bits per heavy atom. The molecule has 4 nitrogen and oxygen atoms in total. The highest BCUT2D eigenvalue weighted by molar-refractivity contribution is 7.03. The lowest BCUT2D eigenvalue weighted by Crippen LogP contribution is -2.27. The molecule has 0 aliphatic rings. The second-order valence-corrected chi connectivity index (χ2v) is 3.63. The van der Waals surface area contributed by atoms with E-state index in [9.17, 15) is 4.79 Å². The molecule has 0 saturated carbocycles. The second-order valence-electron chi connectivity index (χ2n) is 2.73. The van der Waals surface area contributed by atoms with Gasteiger partial charge < -0.3 is 9.64 Å². The summed E-state index contributed by atoms with van der Waals surface area (Å²) in [6, 6.07) is 0. The Labute approximate surface area is 91.6 Å². The lowest BCUT2D eigenvalue weighted by Gasteiger charge is -2.14. The third kappa shape index (κ3) is 2.59. The third-order valence-corrected chi connectivity index (χ3v) is 2.64. The number of amides is 1. The van der Waals surface area contributed by atoms with E-state index in [-0.39, 0.29) is 11.8 Å². The number of ether oxygens (including phenoxy) is 1. The zero-order chi connectivity index (χ0) is 10.6. The molecular formula is C8H11ClN2O2S. The van der Waals surface area contributed by atoms with Crippen molar-refractivity contribution >= 4 is 29.0 Å². The van der Waals surface area contributed by atoms with Gasteiger partial charge in [-0.2, -0.15) is 4.37 Å². The zero-order valence-electron chi connectivity index (χ0n) is 7.99. The quantitative estimate of drug-likeness (QED) is 0.739. The van der Waals surface area contributed by atoms with Gasteiger partial charge in [-0.05, 0) is 11.5 Å². The molecule has 1 aromatic heterocycles. The molecular weight excluding hydrogens is 224 g/mol. The molecule has 1 rings (SSSR count). The molecule has 0 radical (unpaired) electrons. The van der Waals surface area contributed by atoms with Crippen LogP contribution >= 0.6 is 23.1 Å². The predicted octanol–water partition coefficient (Wildman–Crippen LogP) is 1.35. The number of aromatic nitrogens is 1. The van der Waals surface area contributed by atoms with Crippen molar-refractivity contribution in [2.24, 2.45) is 0 Å². The summed E-state index contributed by atoms with van der Waals surface area (Å²) < 4.78 is 9.05. The maximum atomic E-state index is 11.2. The zero-order valence-corrected chi connectivity index (χ0v) is 9.56. The number of nitrogens with zero attached hydrogens (tertiary/aromatic N) is 2. The Hall–Kier alpha value is -0.810. The second kappa shape index (κ2) is 5.17. The minimum atomic E-state index is -0.111. The van der Waals surface area contributed by atoms with Gasteiger partial charge in [0, 0.05) is 18.0 Å². The van der Waals surface area contributed by atoms with Gasteiger partial charge in [0.25, 0.3) is 0 Å². The Morgan fingerprint density at radius 2 is 2.50 bits per heavy atom. The van der Waals surface area contributed by atoms with E-state index in [1.807, 2.05) is 5.38 Å². The minimum Gasteiger partial charge on any atom is -0.480 e. The molecule has 6 heteroatoms. The summed E-state index contributed by atoms with van der Waals surface area (Å²) in [6.45, 7) is 0.477. The van der Waals surface area contributed by atoms with Crippen LogP contribution in [0.5, 0.6) is 5.88 Å². The summed E-state index contributed by atoms with van der Waals surface area (Å²) in [6.07, 6.45) is 0.